The number of nitrogens with one attached hydrogen (secondary N) is 3. The third kappa shape index (κ3) is 25.4. The minimum atomic E-state index is -4.69. The normalized spacial score (nSPS) is 12.1. The van der Waals surface area contributed by atoms with Gasteiger partial charge in [0.25, 0.3) is 0 Å². The Hall–Kier alpha value is -3.84. The molecular formula is C44H64BrCl3F4N9O9PS. The summed E-state index contributed by atoms with van der Waals surface area (Å²) >= 11 is 20.2. The van der Waals surface area contributed by atoms with Crippen molar-refractivity contribution in [3.63, 3.8) is 0 Å². The van der Waals surface area contributed by atoms with Crippen LogP contribution >= 0.6 is 58.3 Å². The lowest BCUT2D eigenvalue weighted by atomic mass is 10.0. The predicted molar refractivity (Wildman–Crippen MR) is 280 cm³/mol. The highest BCUT2D eigenvalue weighted by Gasteiger charge is 2.39. The van der Waals surface area contributed by atoms with Gasteiger partial charge in [-0.05, 0) is 117 Å². The van der Waals surface area contributed by atoms with Gasteiger partial charge >= 0.3 is 18.1 Å². The number of methoxy groups -OCH3 is 1. The smallest absolute Gasteiger partial charge is 0.434 e. The number of carboxylic acids is 1. The van der Waals surface area contributed by atoms with Gasteiger partial charge < -0.3 is 44.5 Å². The number of hydrogen-bond acceptors (Lipinski definition) is 14. The van der Waals surface area contributed by atoms with Crippen LogP contribution in [0, 0.1) is 12.7 Å². The maximum absolute atomic E-state index is 14.3. The van der Waals surface area contributed by atoms with E-state index in [1.54, 1.807) is 25.9 Å². The second-order valence-electron chi connectivity index (χ2n) is 16.0. The monoisotopic (exact) mass is 1190 g/mol. The molecule has 72 heavy (non-hydrogen) atoms. The number of esters is 1. The molecule has 0 bridgehead atoms. The highest BCUT2D eigenvalue weighted by atomic mass is 79.9. The lowest BCUT2D eigenvalue weighted by Gasteiger charge is -2.31. The molecule has 0 saturated heterocycles. The summed E-state index contributed by atoms with van der Waals surface area (Å²) in [5.41, 5.74) is 1.35. The Balaban J connectivity index is 0.000000953. The van der Waals surface area contributed by atoms with Crippen molar-refractivity contribution in [2.24, 2.45) is 7.05 Å². The van der Waals surface area contributed by atoms with Crippen LogP contribution in [0.15, 0.2) is 34.8 Å². The first-order valence-corrected chi connectivity index (χ1v) is 27.9. The summed E-state index contributed by atoms with van der Waals surface area (Å²) in [6.45, 7) is 16.0. The molecule has 2 heterocycles. The number of carbonyl (C=O) groups excluding carboxylic acids is 2. The Bertz CT molecular complexity index is 2400. The summed E-state index contributed by atoms with van der Waals surface area (Å²) in [5, 5.41) is 19.7. The Morgan fingerprint density at radius 3 is 2.08 bits per heavy atom. The van der Waals surface area contributed by atoms with Gasteiger partial charge in [-0.25, -0.2) is 9.18 Å². The lowest BCUT2D eigenvalue weighted by molar-refractivity contribution is -0.193. The third-order valence-electron chi connectivity index (χ3n) is 8.26. The SMILES string of the molecule is CC(C)OC(=O)c1cc(-c2nn(C)c(C(F)(F)F)c2Br)c(F)cc1Cl.CCNc1nc(Cl)nc(NC(C)C)n1.CCc1cccc(C)c1N(C(=O)CCl)C(C)COC.C[S+](C)C.O=C(O)CNCP(=O)([O-])O. The van der Waals surface area contributed by atoms with E-state index < -0.39 is 60.6 Å². The summed E-state index contributed by atoms with van der Waals surface area (Å²) in [4.78, 5) is 65.8. The molecule has 2 atom stereocenters. The maximum Gasteiger partial charge on any atom is 0.434 e. The number of aromatic nitrogens is 5. The second kappa shape index (κ2) is 33.2. The molecule has 0 fully saturated rings. The van der Waals surface area contributed by atoms with E-state index in [9.17, 15) is 41.4 Å². The van der Waals surface area contributed by atoms with Gasteiger partial charge in [0.2, 0.25) is 23.1 Å². The highest BCUT2D eigenvalue weighted by Crippen LogP contribution is 2.41. The van der Waals surface area contributed by atoms with Gasteiger partial charge in [0, 0.05) is 32.3 Å². The topological polar surface area (TPSA) is 246 Å². The molecule has 0 radical (unpaired) electrons. The number of anilines is 3. The molecule has 406 valence electrons. The van der Waals surface area contributed by atoms with Crippen molar-refractivity contribution in [1.29, 1.82) is 0 Å². The predicted octanol–water partition coefficient (Wildman–Crippen LogP) is 8.83. The van der Waals surface area contributed by atoms with Crippen LogP contribution in [0.25, 0.3) is 11.3 Å². The van der Waals surface area contributed by atoms with Crippen molar-refractivity contribution >= 4 is 105 Å². The number of benzene rings is 2. The number of carbonyl (C=O) groups is 3. The molecule has 18 nitrogen and oxygen atoms in total. The molecule has 0 aliphatic carbocycles. The van der Waals surface area contributed by atoms with Gasteiger partial charge in [-0.1, -0.05) is 36.7 Å². The number of aliphatic carboxylic acids is 1. The van der Waals surface area contributed by atoms with E-state index in [0.717, 1.165) is 49.0 Å². The number of aryl methyl sites for hydroxylation is 3. The Morgan fingerprint density at radius 2 is 1.62 bits per heavy atom. The molecule has 5 N–H and O–H groups in total. The lowest BCUT2D eigenvalue weighted by Crippen LogP contribution is -2.43. The van der Waals surface area contributed by atoms with E-state index in [4.69, 9.17) is 54.3 Å². The first-order valence-electron chi connectivity index (χ1n) is 21.6. The molecule has 2 aromatic heterocycles. The van der Waals surface area contributed by atoms with E-state index in [1.165, 1.54) is 0 Å². The fourth-order valence-electron chi connectivity index (χ4n) is 5.68. The van der Waals surface area contributed by atoms with Crippen molar-refractivity contribution in [3.05, 3.63) is 73.3 Å². The number of ether oxygens (including phenoxy) is 2. The molecule has 4 rings (SSSR count). The van der Waals surface area contributed by atoms with E-state index >= 15 is 0 Å². The average Bonchev–Trinajstić information content (AvgIpc) is 3.54. The number of rotatable bonds is 17. The molecule has 1 amide bonds. The van der Waals surface area contributed by atoms with Gasteiger partial charge in [0.1, 0.15) is 25.0 Å². The van der Waals surface area contributed by atoms with Crippen LogP contribution < -0.4 is 25.7 Å². The summed E-state index contributed by atoms with van der Waals surface area (Å²) in [6.07, 6.45) is 1.61. The molecule has 0 aliphatic rings. The minimum absolute atomic E-state index is 0.0223. The molecule has 0 saturated carbocycles. The van der Waals surface area contributed by atoms with Crippen LogP contribution in [-0.4, -0.2) is 129 Å². The summed E-state index contributed by atoms with van der Waals surface area (Å²) in [6, 6.07) is 8.17. The molecule has 2 unspecified atom stereocenters. The van der Waals surface area contributed by atoms with Crippen LogP contribution in [0.2, 0.25) is 10.3 Å². The number of nitrogens with zero attached hydrogens (tertiary/aromatic N) is 6. The maximum atomic E-state index is 14.3. The zero-order valence-electron chi connectivity index (χ0n) is 42.2. The fourth-order valence-corrected chi connectivity index (χ4v) is 7.36. The van der Waals surface area contributed by atoms with Crippen LogP contribution in [0.1, 0.15) is 75.6 Å². The quantitative estimate of drug-likeness (QED) is 0.0218. The number of amides is 1. The standard InChI is InChI=1S/C15H12BrClF4N2O2.C15H22ClNO2.C8H14ClN5.C3H8NO5P.C3H9S/c1-6(2)25-14(24)7-4-8(10(18)5-9(7)17)12-11(16)13(15(19,20)21)23(3)22-12;1-5-13-8-6-7-11(2)15(13)17(14(18)9-16)12(3)10-19-4;1-4-10-7-12-6(9)13-8(14-7)11-5(2)3;5-3(6)1-4-2-10(7,8)9;1-4(2)3/h4-6H,1-3H3;6-8,12H,5,9-10H2,1-4H3;5H,4H2,1-3H3,(H2,10,11,12,13,14);4H,1-2H2,(H,5,6)(H2,7,8,9);1-3H3/q;;;;+1/p-1. The minimum Gasteiger partial charge on any atom is -0.778 e. The fraction of sp³-hybridized carbons (Fsp3) is 0.523. The number of para-hydroxylation sites is 1. The van der Waals surface area contributed by atoms with Crippen LogP contribution in [0.3, 0.4) is 0 Å². The van der Waals surface area contributed by atoms with E-state index in [-0.39, 0.29) is 51.0 Å². The zero-order valence-corrected chi connectivity index (χ0v) is 47.7. The molecule has 4 aromatic rings. The second-order valence-corrected chi connectivity index (χ2v) is 21.8. The number of alkyl halides is 4. The van der Waals surface area contributed by atoms with Crippen molar-refractivity contribution in [2.75, 3.05) is 73.3 Å². The summed E-state index contributed by atoms with van der Waals surface area (Å²) < 4.78 is 73.8. The average molecular weight is 1190 g/mol. The Labute approximate surface area is 444 Å². The van der Waals surface area contributed by atoms with Crippen LogP contribution in [-0.2, 0) is 54.2 Å². The molecule has 2 aromatic carbocycles. The zero-order chi connectivity index (χ0) is 55.8. The molecule has 28 heteroatoms. The Kier molecular flexibility index (Phi) is 31.4. The van der Waals surface area contributed by atoms with E-state index in [0.29, 0.717) is 34.1 Å². The third-order valence-corrected chi connectivity index (χ3v) is 10.3. The van der Waals surface area contributed by atoms with Gasteiger partial charge in [0.15, 0.2) is 5.69 Å². The van der Waals surface area contributed by atoms with E-state index in [1.807, 2.05) is 52.1 Å². The van der Waals surface area contributed by atoms with Gasteiger partial charge in [-0.3, -0.25) is 19.6 Å². The van der Waals surface area contributed by atoms with Crippen molar-refractivity contribution in [2.45, 2.75) is 86.2 Å². The van der Waals surface area contributed by atoms with E-state index in [2.05, 4.69) is 78.4 Å². The van der Waals surface area contributed by atoms with Crippen molar-refractivity contribution < 1.29 is 60.9 Å². The molecule has 0 spiro atoms. The molecular weight excluding hydrogens is 1120 g/mol. The first kappa shape index (κ1) is 68.2. The number of hydrogen-bond donors (Lipinski definition) is 5. The van der Waals surface area contributed by atoms with Gasteiger partial charge in [-0.2, -0.15) is 33.2 Å². The largest absolute Gasteiger partial charge is 0.778 e. The van der Waals surface area contributed by atoms with Crippen molar-refractivity contribution in [3.8, 4) is 11.3 Å². The number of halogens is 8. The highest BCUT2D eigenvalue weighted by molar-refractivity contribution is 9.10. The van der Waals surface area contributed by atoms with Crippen LogP contribution in [0.5, 0.6) is 0 Å². The molecule has 0 aliphatic heterocycles. The number of carboxylic acid groups (broad SMARTS) is 1. The summed E-state index contributed by atoms with van der Waals surface area (Å²) in [7, 11) is -0.988. The van der Waals surface area contributed by atoms with Crippen LogP contribution in [0.4, 0.5) is 35.1 Å². The van der Waals surface area contributed by atoms with Gasteiger partial charge in [0.05, 0.1) is 71.1 Å². The van der Waals surface area contributed by atoms with Crippen molar-refractivity contribution in [1.82, 2.24) is 30.0 Å². The summed E-state index contributed by atoms with van der Waals surface area (Å²) in [5.74, 6) is -2.02. The Morgan fingerprint density at radius 1 is 1.04 bits per heavy atom. The first-order chi connectivity index (χ1) is 33.3. The van der Waals surface area contributed by atoms with Gasteiger partial charge in [-0.15, -0.1) is 11.6 Å².